The smallest absolute Gasteiger partial charge is 0.264 e. The summed E-state index contributed by atoms with van der Waals surface area (Å²) in [5.74, 6) is -0.315. The van der Waals surface area contributed by atoms with Crippen LogP contribution in [0.3, 0.4) is 0 Å². The van der Waals surface area contributed by atoms with Gasteiger partial charge in [0.2, 0.25) is 11.8 Å². The molecule has 214 valence electrons. The summed E-state index contributed by atoms with van der Waals surface area (Å²) >= 11 is 6.03. The van der Waals surface area contributed by atoms with Crippen LogP contribution in [0, 0.1) is 6.92 Å². The van der Waals surface area contributed by atoms with Gasteiger partial charge in [-0.25, -0.2) is 8.42 Å². The van der Waals surface area contributed by atoms with Crippen molar-refractivity contribution in [3.05, 3.63) is 82.9 Å². The molecule has 3 rings (SSSR count). The number of nitrogens with zero attached hydrogens (tertiary/aromatic N) is 2. The molecule has 0 aliphatic rings. The quantitative estimate of drug-likeness (QED) is 0.336. The summed E-state index contributed by atoms with van der Waals surface area (Å²) in [4.78, 5) is 28.0. The number of rotatable bonds is 12. The Labute approximate surface area is 240 Å². The number of anilines is 1. The number of amides is 2. The highest BCUT2D eigenvalue weighted by Gasteiger charge is 2.33. The van der Waals surface area contributed by atoms with Crippen molar-refractivity contribution < 1.29 is 27.5 Å². The van der Waals surface area contributed by atoms with Gasteiger partial charge in [-0.15, -0.1) is 0 Å². The van der Waals surface area contributed by atoms with E-state index in [9.17, 15) is 18.0 Å². The number of halogens is 1. The molecule has 0 saturated carbocycles. The molecule has 3 aromatic rings. The lowest BCUT2D eigenvalue weighted by molar-refractivity contribution is -0.139. The van der Waals surface area contributed by atoms with Gasteiger partial charge in [-0.1, -0.05) is 41.4 Å². The molecule has 0 aliphatic carbocycles. The largest absolute Gasteiger partial charge is 0.493 e. The molecule has 0 heterocycles. The van der Waals surface area contributed by atoms with E-state index in [4.69, 9.17) is 21.1 Å². The van der Waals surface area contributed by atoms with Gasteiger partial charge in [0, 0.05) is 24.2 Å². The second kappa shape index (κ2) is 13.5. The van der Waals surface area contributed by atoms with Crippen LogP contribution in [0.25, 0.3) is 0 Å². The molecular weight excluding hydrogens is 554 g/mol. The third-order valence-corrected chi connectivity index (χ3v) is 8.35. The van der Waals surface area contributed by atoms with Crippen molar-refractivity contribution in [2.45, 2.75) is 38.3 Å². The summed E-state index contributed by atoms with van der Waals surface area (Å²) in [6, 6.07) is 17.1. The molecule has 0 aromatic heterocycles. The topological polar surface area (TPSA) is 105 Å². The molecule has 0 radical (unpaired) electrons. The third kappa shape index (κ3) is 7.25. The number of sulfonamides is 1. The van der Waals surface area contributed by atoms with Crippen molar-refractivity contribution in [3.8, 4) is 11.5 Å². The number of benzene rings is 3. The molecule has 9 nitrogen and oxygen atoms in total. The first kappa shape index (κ1) is 30.8. The highest BCUT2D eigenvalue weighted by Crippen LogP contribution is 2.32. The van der Waals surface area contributed by atoms with Gasteiger partial charge in [0.15, 0.2) is 11.5 Å². The second-order valence-electron chi connectivity index (χ2n) is 9.08. The van der Waals surface area contributed by atoms with Crippen molar-refractivity contribution in [2.24, 2.45) is 0 Å². The van der Waals surface area contributed by atoms with Crippen molar-refractivity contribution >= 4 is 39.1 Å². The molecule has 0 aliphatic heterocycles. The Morgan fingerprint density at radius 3 is 2.15 bits per heavy atom. The summed E-state index contributed by atoms with van der Waals surface area (Å²) in [6.07, 6.45) is 0. The Balaban J connectivity index is 2.06. The van der Waals surface area contributed by atoms with E-state index in [-0.39, 0.29) is 23.1 Å². The fraction of sp³-hybridized carbons (Fsp3) is 0.310. The first-order valence-corrected chi connectivity index (χ1v) is 14.5. The van der Waals surface area contributed by atoms with Gasteiger partial charge in [-0.05, 0) is 62.7 Å². The molecule has 0 fully saturated rings. The average Bonchev–Trinajstić information content (AvgIpc) is 2.95. The molecule has 1 N–H and O–H groups in total. The third-order valence-electron chi connectivity index (χ3n) is 6.33. The van der Waals surface area contributed by atoms with E-state index in [0.29, 0.717) is 23.0 Å². The van der Waals surface area contributed by atoms with Crippen LogP contribution in [0.1, 0.15) is 25.0 Å². The Bertz CT molecular complexity index is 1430. The normalized spacial score (nSPS) is 11.8. The van der Waals surface area contributed by atoms with Crippen LogP contribution in [0.15, 0.2) is 71.6 Å². The molecule has 11 heteroatoms. The molecule has 0 spiro atoms. The van der Waals surface area contributed by atoms with E-state index >= 15 is 0 Å². The second-order valence-corrected chi connectivity index (χ2v) is 11.4. The molecular formula is C29H34ClN3O6S. The number of methoxy groups -OCH3 is 2. The molecule has 40 heavy (non-hydrogen) atoms. The predicted molar refractivity (Wildman–Crippen MR) is 155 cm³/mol. The van der Waals surface area contributed by atoms with Gasteiger partial charge in [-0.2, -0.15) is 0 Å². The van der Waals surface area contributed by atoms with E-state index in [1.54, 1.807) is 62.4 Å². The van der Waals surface area contributed by atoms with Crippen LogP contribution in [-0.2, 0) is 26.2 Å². The lowest BCUT2D eigenvalue weighted by Gasteiger charge is -2.32. The standard InChI is InChI=1S/C29H34ClN3O6S/c1-6-31-29(35)21(3)32(18-22-9-11-23(30)12-10-22)28(34)19-33(24-13-7-20(2)8-14-24)40(36,37)25-15-16-26(38-4)27(17-25)39-5/h7-17,21H,6,18-19H2,1-5H3,(H,31,35)/t21-/m1/s1. The Kier molecular flexibility index (Phi) is 10.4. The molecule has 0 saturated heterocycles. The molecule has 0 bridgehead atoms. The van der Waals surface area contributed by atoms with Gasteiger partial charge >= 0.3 is 0 Å². The zero-order chi connectivity index (χ0) is 29.4. The van der Waals surface area contributed by atoms with Crippen LogP contribution in [0.2, 0.25) is 5.02 Å². The number of hydrogen-bond acceptors (Lipinski definition) is 6. The van der Waals surface area contributed by atoms with E-state index in [2.05, 4.69) is 5.32 Å². The summed E-state index contributed by atoms with van der Waals surface area (Å²) in [6.45, 7) is 5.19. The fourth-order valence-corrected chi connectivity index (χ4v) is 5.59. The number of nitrogens with one attached hydrogen (secondary N) is 1. The summed E-state index contributed by atoms with van der Waals surface area (Å²) in [5.41, 5.74) is 1.96. The lowest BCUT2D eigenvalue weighted by atomic mass is 10.1. The Morgan fingerprint density at radius 2 is 1.57 bits per heavy atom. The summed E-state index contributed by atoms with van der Waals surface area (Å²) < 4.78 is 39.6. The number of aryl methyl sites for hydroxylation is 1. The Morgan fingerprint density at radius 1 is 0.950 bits per heavy atom. The minimum Gasteiger partial charge on any atom is -0.493 e. The number of hydrogen-bond donors (Lipinski definition) is 1. The maximum absolute atomic E-state index is 14.0. The van der Waals surface area contributed by atoms with Crippen molar-refractivity contribution in [1.82, 2.24) is 10.2 Å². The minimum atomic E-state index is -4.26. The van der Waals surface area contributed by atoms with Crippen molar-refractivity contribution in [3.63, 3.8) is 0 Å². The summed E-state index contributed by atoms with van der Waals surface area (Å²) in [5, 5.41) is 3.27. The van der Waals surface area contributed by atoms with Crippen LogP contribution >= 0.6 is 11.6 Å². The summed E-state index contributed by atoms with van der Waals surface area (Å²) in [7, 11) is -1.39. The van der Waals surface area contributed by atoms with Crippen LogP contribution < -0.4 is 19.1 Å². The number of likely N-dealkylation sites (N-methyl/N-ethyl adjacent to an activating group) is 1. The van der Waals surface area contributed by atoms with Gasteiger partial charge in [0.1, 0.15) is 12.6 Å². The Hall–Kier alpha value is -3.76. The fourth-order valence-electron chi connectivity index (χ4n) is 4.04. The van der Waals surface area contributed by atoms with Crippen molar-refractivity contribution in [2.75, 3.05) is 31.6 Å². The monoisotopic (exact) mass is 587 g/mol. The van der Waals surface area contributed by atoms with Gasteiger partial charge in [-0.3, -0.25) is 13.9 Å². The zero-order valence-corrected chi connectivity index (χ0v) is 24.8. The SMILES string of the molecule is CCNC(=O)[C@@H](C)N(Cc1ccc(Cl)cc1)C(=O)CN(c1ccc(C)cc1)S(=O)(=O)c1ccc(OC)c(OC)c1. The van der Waals surface area contributed by atoms with Gasteiger partial charge in [0.25, 0.3) is 10.0 Å². The van der Waals surface area contributed by atoms with Crippen LogP contribution in [-0.4, -0.2) is 58.5 Å². The highest BCUT2D eigenvalue weighted by molar-refractivity contribution is 7.92. The predicted octanol–water partition coefficient (Wildman–Crippen LogP) is 4.41. The molecule has 3 aromatic carbocycles. The lowest BCUT2D eigenvalue weighted by Crippen LogP contribution is -2.51. The van der Waals surface area contributed by atoms with Gasteiger partial charge < -0.3 is 19.7 Å². The molecule has 0 unspecified atom stereocenters. The first-order chi connectivity index (χ1) is 19.0. The highest BCUT2D eigenvalue weighted by atomic mass is 35.5. The average molecular weight is 588 g/mol. The van der Waals surface area contributed by atoms with Crippen LogP contribution in [0.5, 0.6) is 11.5 Å². The number of ether oxygens (including phenoxy) is 2. The van der Waals surface area contributed by atoms with Crippen molar-refractivity contribution in [1.29, 1.82) is 0 Å². The van der Waals surface area contributed by atoms with Crippen LogP contribution in [0.4, 0.5) is 5.69 Å². The van der Waals surface area contributed by atoms with E-state index in [0.717, 1.165) is 15.4 Å². The molecule has 2 amide bonds. The zero-order valence-electron chi connectivity index (χ0n) is 23.2. The van der Waals surface area contributed by atoms with Gasteiger partial charge in [0.05, 0.1) is 24.8 Å². The van der Waals surface area contributed by atoms with E-state index in [1.165, 1.54) is 37.3 Å². The maximum atomic E-state index is 14.0. The molecule has 1 atom stereocenters. The van der Waals surface area contributed by atoms with E-state index < -0.39 is 28.5 Å². The maximum Gasteiger partial charge on any atom is 0.264 e. The minimum absolute atomic E-state index is 0.0758. The first-order valence-electron chi connectivity index (χ1n) is 12.6. The number of carbonyl (C=O) groups excluding carboxylic acids is 2. The van der Waals surface area contributed by atoms with E-state index in [1.807, 2.05) is 6.92 Å². The number of carbonyl (C=O) groups is 2.